The lowest BCUT2D eigenvalue weighted by atomic mass is 10.5. The van der Waals surface area contributed by atoms with Crippen LogP contribution in [0.15, 0.2) is 12.4 Å². The molecule has 0 fully saturated rings. The third kappa shape index (κ3) is 5.94. The fraction of sp³-hybridized carbons (Fsp3) is 0.778. The number of rotatable bonds is 3. The first kappa shape index (κ1) is 15.2. The highest BCUT2D eigenvalue weighted by Crippen LogP contribution is 2.11. The Hall–Kier alpha value is -0.790. The van der Waals surface area contributed by atoms with Gasteiger partial charge < -0.3 is 9.80 Å². The molecule has 1 N–H and O–H groups in total. The van der Waals surface area contributed by atoms with Crippen LogP contribution < -0.4 is 0 Å². The van der Waals surface area contributed by atoms with Crippen molar-refractivity contribution in [3.8, 4) is 0 Å². The van der Waals surface area contributed by atoms with Crippen molar-refractivity contribution in [1.82, 2.24) is 9.80 Å². The molecule has 0 aromatic heterocycles. The van der Waals surface area contributed by atoms with E-state index in [1.165, 1.54) is 6.92 Å². The van der Waals surface area contributed by atoms with Crippen LogP contribution in [0.1, 0.15) is 20.8 Å². The van der Waals surface area contributed by atoms with Gasteiger partial charge in [-0.25, -0.2) is 4.18 Å². The normalized spacial score (nSPS) is 19.7. The van der Waals surface area contributed by atoms with Gasteiger partial charge in [0.15, 0.2) is 0 Å². The van der Waals surface area contributed by atoms with Crippen molar-refractivity contribution in [3.05, 3.63) is 12.4 Å². The van der Waals surface area contributed by atoms with Crippen molar-refractivity contribution in [3.63, 3.8) is 0 Å². The molecule has 0 aromatic rings. The average Bonchev–Trinajstić information content (AvgIpc) is 2.46. The molecule has 96 valence electrons. The largest absolute Gasteiger partial charge is 0.397 e. The zero-order chi connectivity index (χ0) is 12.8. The fourth-order valence-corrected chi connectivity index (χ4v) is 1.49. The predicted molar refractivity (Wildman–Crippen MR) is 61.9 cm³/mol. The average molecular weight is 252 g/mol. The van der Waals surface area contributed by atoms with E-state index in [1.807, 2.05) is 0 Å². The monoisotopic (exact) mass is 252 g/mol. The lowest BCUT2D eigenvalue weighted by Gasteiger charge is -2.25. The summed E-state index contributed by atoms with van der Waals surface area (Å²) in [7, 11) is -2.08. The van der Waals surface area contributed by atoms with Crippen molar-refractivity contribution >= 4 is 10.4 Å². The van der Waals surface area contributed by atoms with E-state index in [0.29, 0.717) is 6.17 Å². The van der Waals surface area contributed by atoms with E-state index >= 15 is 0 Å². The molecular weight excluding hydrogens is 232 g/mol. The van der Waals surface area contributed by atoms with E-state index < -0.39 is 10.4 Å². The minimum Gasteiger partial charge on any atom is -0.359 e. The second kappa shape index (κ2) is 6.72. The summed E-state index contributed by atoms with van der Waals surface area (Å²) in [6, 6.07) is 0. The van der Waals surface area contributed by atoms with Crippen LogP contribution in [0.25, 0.3) is 0 Å². The van der Waals surface area contributed by atoms with Crippen LogP contribution in [-0.4, -0.2) is 49.1 Å². The summed E-state index contributed by atoms with van der Waals surface area (Å²) in [6.45, 7) is 6.90. The Bertz CT molecular complexity index is 315. The molecule has 6 nitrogen and oxygen atoms in total. The molecule has 1 heterocycles. The molecule has 0 radical (unpaired) electrons. The molecule has 0 aromatic carbocycles. The van der Waals surface area contributed by atoms with Gasteiger partial charge in [0.2, 0.25) is 0 Å². The Morgan fingerprint density at radius 2 is 1.94 bits per heavy atom. The first-order chi connectivity index (χ1) is 7.31. The van der Waals surface area contributed by atoms with Gasteiger partial charge in [-0.3, -0.25) is 4.55 Å². The van der Waals surface area contributed by atoms with Crippen molar-refractivity contribution < 1.29 is 17.2 Å². The van der Waals surface area contributed by atoms with Crippen LogP contribution in [0.2, 0.25) is 0 Å². The van der Waals surface area contributed by atoms with Crippen LogP contribution >= 0.6 is 0 Å². The van der Waals surface area contributed by atoms with Crippen molar-refractivity contribution in [1.29, 1.82) is 0 Å². The molecule has 1 aliphatic rings. The van der Waals surface area contributed by atoms with Gasteiger partial charge in [-0.1, -0.05) is 0 Å². The summed E-state index contributed by atoms with van der Waals surface area (Å²) in [5.41, 5.74) is 0. The van der Waals surface area contributed by atoms with Gasteiger partial charge in [0, 0.05) is 26.0 Å². The van der Waals surface area contributed by atoms with Gasteiger partial charge in [0.1, 0.15) is 0 Å². The highest BCUT2D eigenvalue weighted by atomic mass is 32.3. The van der Waals surface area contributed by atoms with Gasteiger partial charge >= 0.3 is 10.4 Å². The molecule has 0 bridgehead atoms. The zero-order valence-electron chi connectivity index (χ0n) is 10.1. The minimum atomic E-state index is -4.17. The van der Waals surface area contributed by atoms with Crippen LogP contribution in [-0.2, 0) is 14.6 Å². The maximum atomic E-state index is 9.56. The van der Waals surface area contributed by atoms with E-state index in [2.05, 4.69) is 47.3 Å². The Morgan fingerprint density at radius 1 is 1.38 bits per heavy atom. The summed E-state index contributed by atoms with van der Waals surface area (Å²) in [6.07, 6.45) is 4.79. The first-order valence-electron chi connectivity index (χ1n) is 5.09. The topological polar surface area (TPSA) is 70.1 Å². The first-order valence-corrected chi connectivity index (χ1v) is 6.46. The smallest absolute Gasteiger partial charge is 0.359 e. The highest BCUT2D eigenvalue weighted by molar-refractivity contribution is 7.80. The third-order valence-electron chi connectivity index (χ3n) is 2.19. The van der Waals surface area contributed by atoms with Gasteiger partial charge in [0.25, 0.3) is 0 Å². The summed E-state index contributed by atoms with van der Waals surface area (Å²) >= 11 is 0. The molecule has 1 aliphatic heterocycles. The molecule has 16 heavy (non-hydrogen) atoms. The fourth-order valence-electron chi connectivity index (χ4n) is 1.19. The van der Waals surface area contributed by atoms with Crippen LogP contribution in [0.3, 0.4) is 0 Å². The molecule has 1 rings (SSSR count). The summed E-state index contributed by atoms with van der Waals surface area (Å²) in [5, 5.41) is 0. The molecule has 1 unspecified atom stereocenters. The van der Waals surface area contributed by atoms with Crippen LogP contribution in [0, 0.1) is 0 Å². The van der Waals surface area contributed by atoms with Crippen molar-refractivity contribution in [2.45, 2.75) is 26.9 Å². The number of nitrogens with zero attached hydrogens (tertiary/aromatic N) is 2. The Balaban J connectivity index is 0.000000293. The van der Waals surface area contributed by atoms with Gasteiger partial charge in [0.05, 0.1) is 12.8 Å². The molecule has 0 spiro atoms. The number of hydrogen-bond donors (Lipinski definition) is 1. The highest BCUT2D eigenvalue weighted by Gasteiger charge is 2.15. The molecule has 0 saturated carbocycles. The maximum Gasteiger partial charge on any atom is 0.397 e. The molecule has 1 atom stereocenters. The molecule has 0 amide bonds. The SMILES string of the molecule is CCN1C=CN(C)C1C.CCOS(=O)(=O)O. The lowest BCUT2D eigenvalue weighted by Crippen LogP contribution is -2.33. The standard InChI is InChI=1S/C7H14N2.C2H6O4S/c1-4-9-6-5-8(3)7(9)2;1-2-6-7(3,4)5/h5-7H,4H2,1-3H3;2H2,1H3,(H,3,4,5). The molecule has 7 heteroatoms. The molecular formula is C9H20N2O4S. The Morgan fingerprint density at radius 3 is 2.06 bits per heavy atom. The Labute approximate surface area is 97.4 Å². The van der Waals surface area contributed by atoms with Crippen LogP contribution in [0.5, 0.6) is 0 Å². The second-order valence-corrected chi connectivity index (χ2v) is 4.35. The van der Waals surface area contributed by atoms with Crippen LogP contribution in [0.4, 0.5) is 0 Å². The second-order valence-electron chi connectivity index (χ2n) is 3.26. The lowest BCUT2D eigenvalue weighted by molar-refractivity contribution is 0.203. The quantitative estimate of drug-likeness (QED) is 0.752. The third-order valence-corrected chi connectivity index (χ3v) is 2.73. The van der Waals surface area contributed by atoms with E-state index in [0.717, 1.165) is 6.54 Å². The maximum absolute atomic E-state index is 9.56. The van der Waals surface area contributed by atoms with E-state index in [9.17, 15) is 8.42 Å². The summed E-state index contributed by atoms with van der Waals surface area (Å²) in [5.74, 6) is 0. The zero-order valence-corrected chi connectivity index (χ0v) is 10.9. The number of hydrogen-bond acceptors (Lipinski definition) is 5. The summed E-state index contributed by atoms with van der Waals surface area (Å²) < 4.78 is 30.7. The van der Waals surface area contributed by atoms with E-state index in [1.54, 1.807) is 0 Å². The van der Waals surface area contributed by atoms with E-state index in [4.69, 9.17) is 4.55 Å². The minimum absolute atomic E-state index is 0.0289. The van der Waals surface area contributed by atoms with Crippen molar-refractivity contribution in [2.75, 3.05) is 20.2 Å². The Kier molecular flexibility index (Phi) is 6.39. The van der Waals surface area contributed by atoms with Gasteiger partial charge in [-0.2, -0.15) is 8.42 Å². The molecule has 0 saturated heterocycles. The predicted octanol–water partition coefficient (Wildman–Crippen LogP) is 0.897. The summed E-state index contributed by atoms with van der Waals surface area (Å²) in [4.78, 5) is 4.49. The van der Waals surface area contributed by atoms with Gasteiger partial charge in [-0.05, 0) is 20.8 Å². The van der Waals surface area contributed by atoms with E-state index in [-0.39, 0.29) is 6.61 Å². The molecule has 0 aliphatic carbocycles. The van der Waals surface area contributed by atoms with Crippen molar-refractivity contribution in [2.24, 2.45) is 0 Å². The van der Waals surface area contributed by atoms with Gasteiger partial charge in [-0.15, -0.1) is 0 Å².